The van der Waals surface area contributed by atoms with Crippen molar-refractivity contribution in [3.63, 3.8) is 0 Å². The molecule has 1 aromatic carbocycles. The number of hydrogen-bond donors (Lipinski definition) is 1. The molecule has 0 fully saturated rings. The van der Waals surface area contributed by atoms with Gasteiger partial charge in [-0.05, 0) is 32.5 Å². The van der Waals surface area contributed by atoms with Crippen LogP contribution in [0.4, 0.5) is 0 Å². The molecule has 2 atom stereocenters. The van der Waals surface area contributed by atoms with E-state index in [9.17, 15) is 0 Å². The first-order valence-electron chi connectivity index (χ1n) is 5.20. The lowest BCUT2D eigenvalue weighted by atomic mass is 10.1. The van der Waals surface area contributed by atoms with Crippen molar-refractivity contribution >= 4 is 28.8 Å². The smallest absolute Gasteiger partial charge is 0.0899 e. The Morgan fingerprint density at radius 3 is 2.44 bits per heavy atom. The molecular formula is C12H17ClN2S. The average Bonchev–Trinajstić information content (AvgIpc) is 2.26. The van der Waals surface area contributed by atoms with Crippen molar-refractivity contribution in [2.45, 2.75) is 25.9 Å². The van der Waals surface area contributed by atoms with Crippen LogP contribution < -0.4 is 5.73 Å². The van der Waals surface area contributed by atoms with Crippen molar-refractivity contribution in [3.8, 4) is 0 Å². The highest BCUT2D eigenvalue weighted by Crippen LogP contribution is 2.27. The molecule has 4 heteroatoms. The average molecular weight is 257 g/mol. The van der Waals surface area contributed by atoms with Gasteiger partial charge in [-0.25, -0.2) is 0 Å². The summed E-state index contributed by atoms with van der Waals surface area (Å²) in [4.78, 5) is 2.62. The quantitative estimate of drug-likeness (QED) is 0.840. The number of thiocarbonyl (C=S) groups is 1. The molecule has 0 saturated heterocycles. The summed E-state index contributed by atoms with van der Waals surface area (Å²) >= 11 is 11.2. The van der Waals surface area contributed by atoms with Gasteiger partial charge >= 0.3 is 0 Å². The number of likely N-dealkylation sites (N-methyl/N-ethyl adjacent to an activating group) is 1. The highest BCUT2D eigenvalue weighted by Gasteiger charge is 2.20. The van der Waals surface area contributed by atoms with E-state index in [4.69, 9.17) is 29.6 Å². The first-order chi connectivity index (χ1) is 7.45. The Morgan fingerprint density at radius 2 is 1.94 bits per heavy atom. The van der Waals surface area contributed by atoms with E-state index in [1.807, 2.05) is 38.2 Å². The normalized spacial score (nSPS) is 14.8. The van der Waals surface area contributed by atoms with Crippen LogP contribution in [0.25, 0.3) is 0 Å². The minimum atomic E-state index is 0.0567. The van der Waals surface area contributed by atoms with Gasteiger partial charge in [0, 0.05) is 11.1 Å². The van der Waals surface area contributed by atoms with E-state index in [2.05, 4.69) is 11.8 Å². The molecule has 1 aromatic rings. The Balaban J connectivity index is 2.90. The van der Waals surface area contributed by atoms with Gasteiger partial charge in [-0.2, -0.15) is 0 Å². The number of rotatable bonds is 4. The van der Waals surface area contributed by atoms with E-state index >= 15 is 0 Å². The Bertz CT molecular complexity index is 381. The lowest BCUT2D eigenvalue weighted by molar-refractivity contribution is 0.242. The van der Waals surface area contributed by atoms with Crippen molar-refractivity contribution in [1.82, 2.24) is 4.90 Å². The summed E-state index contributed by atoms with van der Waals surface area (Å²) in [6, 6.07) is 8.07. The maximum Gasteiger partial charge on any atom is 0.0899 e. The van der Waals surface area contributed by atoms with Gasteiger partial charge in [0.2, 0.25) is 0 Å². The Labute approximate surface area is 107 Å². The van der Waals surface area contributed by atoms with E-state index in [0.29, 0.717) is 4.99 Å². The first-order valence-corrected chi connectivity index (χ1v) is 5.99. The van der Waals surface area contributed by atoms with Crippen LogP contribution in [-0.2, 0) is 0 Å². The molecule has 0 saturated carbocycles. The van der Waals surface area contributed by atoms with E-state index in [-0.39, 0.29) is 12.1 Å². The summed E-state index contributed by atoms with van der Waals surface area (Å²) in [6.07, 6.45) is 0. The summed E-state index contributed by atoms with van der Waals surface area (Å²) in [6.45, 7) is 4.09. The maximum atomic E-state index is 6.16. The lowest BCUT2D eigenvalue weighted by Gasteiger charge is -2.30. The van der Waals surface area contributed by atoms with Gasteiger partial charge in [0.1, 0.15) is 0 Å². The molecule has 0 spiro atoms. The summed E-state index contributed by atoms with van der Waals surface area (Å²) < 4.78 is 0. The number of halogens is 1. The molecule has 0 aliphatic heterocycles. The van der Waals surface area contributed by atoms with Crippen molar-refractivity contribution in [2.24, 2.45) is 5.73 Å². The van der Waals surface area contributed by atoms with Crippen LogP contribution in [0.15, 0.2) is 24.3 Å². The molecule has 0 radical (unpaired) electrons. The fraction of sp³-hybridized carbons (Fsp3) is 0.417. The van der Waals surface area contributed by atoms with Gasteiger partial charge in [0.25, 0.3) is 0 Å². The molecule has 1 rings (SSSR count). The first kappa shape index (κ1) is 13.4. The minimum Gasteiger partial charge on any atom is -0.392 e. The van der Waals surface area contributed by atoms with E-state index < -0.39 is 0 Å². The van der Waals surface area contributed by atoms with Crippen LogP contribution in [0.2, 0.25) is 5.02 Å². The van der Waals surface area contributed by atoms with Crippen molar-refractivity contribution in [2.75, 3.05) is 7.05 Å². The molecule has 0 bridgehead atoms. The number of hydrogen-bond acceptors (Lipinski definition) is 2. The Morgan fingerprint density at radius 1 is 1.38 bits per heavy atom. The zero-order valence-electron chi connectivity index (χ0n) is 9.77. The third kappa shape index (κ3) is 2.94. The molecule has 0 amide bonds. The third-order valence-corrected chi connectivity index (χ3v) is 3.67. The molecule has 2 nitrogen and oxygen atoms in total. The van der Waals surface area contributed by atoms with Gasteiger partial charge in [0.15, 0.2) is 0 Å². The van der Waals surface area contributed by atoms with Crippen molar-refractivity contribution < 1.29 is 0 Å². The number of nitrogens with zero attached hydrogens (tertiary/aromatic N) is 1. The second-order valence-electron chi connectivity index (χ2n) is 3.94. The summed E-state index contributed by atoms with van der Waals surface area (Å²) in [5, 5.41) is 0.775. The van der Waals surface area contributed by atoms with Gasteiger partial charge in [-0.15, -0.1) is 0 Å². The van der Waals surface area contributed by atoms with Crippen LogP contribution in [-0.4, -0.2) is 23.0 Å². The second kappa shape index (κ2) is 5.62. The highest BCUT2D eigenvalue weighted by molar-refractivity contribution is 7.80. The van der Waals surface area contributed by atoms with Crippen LogP contribution in [0.3, 0.4) is 0 Å². The Kier molecular flexibility index (Phi) is 4.71. The van der Waals surface area contributed by atoms with Gasteiger partial charge in [0.05, 0.1) is 11.0 Å². The zero-order valence-corrected chi connectivity index (χ0v) is 11.3. The monoisotopic (exact) mass is 256 g/mol. The maximum absolute atomic E-state index is 6.16. The predicted octanol–water partition coefficient (Wildman–Crippen LogP) is 3.01. The molecule has 88 valence electrons. The minimum absolute atomic E-state index is 0.0567. The second-order valence-corrected chi connectivity index (χ2v) is 4.82. The molecule has 2 N–H and O–H groups in total. The third-order valence-electron chi connectivity index (χ3n) is 2.99. The number of benzene rings is 1. The zero-order chi connectivity index (χ0) is 12.3. The van der Waals surface area contributed by atoms with Crippen LogP contribution in [0, 0.1) is 0 Å². The topological polar surface area (TPSA) is 29.3 Å². The summed E-state index contributed by atoms with van der Waals surface area (Å²) in [5.74, 6) is 0. The fourth-order valence-corrected chi connectivity index (χ4v) is 2.03. The van der Waals surface area contributed by atoms with Crippen LogP contribution in [0.1, 0.15) is 25.5 Å². The molecule has 16 heavy (non-hydrogen) atoms. The molecule has 0 aliphatic rings. The Hall–Kier alpha value is -0.640. The van der Waals surface area contributed by atoms with Crippen LogP contribution >= 0.6 is 23.8 Å². The largest absolute Gasteiger partial charge is 0.392 e. The standard InChI is InChI=1S/C12H17ClN2S/c1-8(15(3)9(2)12(14)16)10-6-4-5-7-11(10)13/h4-9H,1-3H3,(H2,14,16). The molecular weight excluding hydrogens is 240 g/mol. The summed E-state index contributed by atoms with van der Waals surface area (Å²) in [7, 11) is 2.00. The fourth-order valence-electron chi connectivity index (χ4n) is 1.57. The van der Waals surface area contributed by atoms with Crippen LogP contribution in [0.5, 0.6) is 0 Å². The predicted molar refractivity (Wildman–Crippen MR) is 73.9 cm³/mol. The SMILES string of the molecule is CC(C(N)=S)N(C)C(C)c1ccccc1Cl. The van der Waals surface area contributed by atoms with E-state index in [0.717, 1.165) is 10.6 Å². The van der Waals surface area contributed by atoms with Gasteiger partial charge in [-0.3, -0.25) is 4.90 Å². The summed E-state index contributed by atoms with van der Waals surface area (Å²) in [5.41, 5.74) is 6.74. The molecule has 0 heterocycles. The van der Waals surface area contributed by atoms with E-state index in [1.54, 1.807) is 0 Å². The van der Waals surface area contributed by atoms with Crippen molar-refractivity contribution in [1.29, 1.82) is 0 Å². The van der Waals surface area contributed by atoms with E-state index in [1.165, 1.54) is 0 Å². The number of nitrogens with two attached hydrogens (primary N) is 1. The molecule has 2 unspecified atom stereocenters. The van der Waals surface area contributed by atoms with Gasteiger partial charge < -0.3 is 5.73 Å². The molecule has 0 aromatic heterocycles. The molecule has 0 aliphatic carbocycles. The highest BCUT2D eigenvalue weighted by atomic mass is 35.5. The lowest BCUT2D eigenvalue weighted by Crippen LogP contribution is -2.40. The van der Waals surface area contributed by atoms with Crippen molar-refractivity contribution in [3.05, 3.63) is 34.9 Å². The van der Waals surface area contributed by atoms with Gasteiger partial charge in [-0.1, -0.05) is 42.0 Å².